The third-order valence-corrected chi connectivity index (χ3v) is 4.12. The van der Waals surface area contributed by atoms with Crippen LogP contribution >= 0.6 is 0 Å². The molecule has 0 N–H and O–H groups in total. The van der Waals surface area contributed by atoms with Crippen molar-refractivity contribution in [2.75, 3.05) is 6.61 Å². The second-order valence-electron chi connectivity index (χ2n) is 5.41. The molecule has 0 radical (unpaired) electrons. The van der Waals surface area contributed by atoms with Gasteiger partial charge in [-0.3, -0.25) is 0 Å². The maximum absolute atomic E-state index is 5.96. The maximum Gasteiger partial charge on any atom is 0.100 e. The van der Waals surface area contributed by atoms with Crippen LogP contribution in [0.3, 0.4) is 0 Å². The molecule has 2 heterocycles. The minimum Gasteiger partial charge on any atom is -0.372 e. The number of hydrogen-bond donors (Lipinski definition) is 0. The third-order valence-electron chi connectivity index (χ3n) is 4.12. The van der Waals surface area contributed by atoms with Crippen LogP contribution in [0.5, 0.6) is 0 Å². The van der Waals surface area contributed by atoms with Gasteiger partial charge >= 0.3 is 0 Å². The summed E-state index contributed by atoms with van der Waals surface area (Å²) in [4.78, 5) is 4.90. The Morgan fingerprint density at radius 3 is 2.40 bits per heavy atom. The van der Waals surface area contributed by atoms with E-state index in [1.165, 1.54) is 29.0 Å². The molecule has 1 fully saturated rings. The molecular weight excluding hydrogens is 246 g/mol. The molecule has 1 saturated heterocycles. The highest BCUT2D eigenvalue weighted by Crippen LogP contribution is 2.34. The number of ether oxygens (including phenoxy) is 1. The lowest BCUT2D eigenvalue weighted by atomic mass is 9.98. The highest BCUT2D eigenvalue weighted by atomic mass is 16.5. The Balaban J connectivity index is 2.02. The average molecular weight is 263 g/mol. The quantitative estimate of drug-likeness (QED) is 0.597. The summed E-state index contributed by atoms with van der Waals surface area (Å²) in [5.41, 5.74) is 2.18. The van der Waals surface area contributed by atoms with Crippen LogP contribution in [-0.2, 0) is 4.74 Å². The van der Waals surface area contributed by atoms with E-state index in [0.29, 0.717) is 0 Å². The van der Waals surface area contributed by atoms with Crippen LogP contribution in [0, 0.1) is 0 Å². The summed E-state index contributed by atoms with van der Waals surface area (Å²) in [5.74, 6) is 0. The summed E-state index contributed by atoms with van der Waals surface area (Å²) in [5, 5.41) is 3.74. The first-order valence-electron chi connectivity index (χ1n) is 7.32. The van der Waals surface area contributed by atoms with Gasteiger partial charge in [0.05, 0.1) is 11.2 Å². The molecule has 0 saturated carbocycles. The smallest absolute Gasteiger partial charge is 0.100 e. The SMILES string of the molecule is c1ccc2c(c1)nc(C1CCCCO1)c1ccccc12. The molecule has 2 nitrogen and oxygen atoms in total. The fraction of sp³-hybridized carbons (Fsp3) is 0.278. The Morgan fingerprint density at radius 1 is 0.850 bits per heavy atom. The molecule has 0 aliphatic carbocycles. The van der Waals surface area contributed by atoms with Gasteiger partial charge in [-0.15, -0.1) is 0 Å². The predicted molar refractivity (Wildman–Crippen MR) is 81.8 cm³/mol. The van der Waals surface area contributed by atoms with Crippen LogP contribution in [0.25, 0.3) is 21.7 Å². The van der Waals surface area contributed by atoms with E-state index < -0.39 is 0 Å². The zero-order chi connectivity index (χ0) is 13.4. The monoisotopic (exact) mass is 263 g/mol. The average Bonchev–Trinajstić information content (AvgIpc) is 2.55. The number of benzene rings is 2. The molecule has 2 aromatic carbocycles. The van der Waals surface area contributed by atoms with Gasteiger partial charge in [0, 0.05) is 17.4 Å². The number of fused-ring (bicyclic) bond motifs is 3. The van der Waals surface area contributed by atoms with Crippen LogP contribution in [-0.4, -0.2) is 11.6 Å². The molecule has 1 atom stereocenters. The fourth-order valence-electron chi connectivity index (χ4n) is 3.13. The molecule has 20 heavy (non-hydrogen) atoms. The molecule has 2 heteroatoms. The van der Waals surface area contributed by atoms with E-state index >= 15 is 0 Å². The van der Waals surface area contributed by atoms with E-state index in [9.17, 15) is 0 Å². The van der Waals surface area contributed by atoms with Gasteiger partial charge in [-0.1, -0.05) is 42.5 Å². The van der Waals surface area contributed by atoms with Crippen molar-refractivity contribution in [1.82, 2.24) is 4.98 Å². The van der Waals surface area contributed by atoms with Gasteiger partial charge in [0.2, 0.25) is 0 Å². The normalized spacial score (nSPS) is 19.5. The van der Waals surface area contributed by atoms with Crippen molar-refractivity contribution in [1.29, 1.82) is 0 Å². The van der Waals surface area contributed by atoms with Crippen LogP contribution in [0.15, 0.2) is 48.5 Å². The highest BCUT2D eigenvalue weighted by Gasteiger charge is 2.20. The van der Waals surface area contributed by atoms with Gasteiger partial charge < -0.3 is 4.74 Å². The molecule has 0 bridgehead atoms. The van der Waals surface area contributed by atoms with Crippen LogP contribution in [0.2, 0.25) is 0 Å². The Labute approximate surface area is 118 Å². The lowest BCUT2D eigenvalue weighted by Gasteiger charge is -2.23. The Bertz CT molecular complexity index is 760. The van der Waals surface area contributed by atoms with Crippen molar-refractivity contribution in [3.8, 4) is 0 Å². The van der Waals surface area contributed by atoms with Gasteiger partial charge in [-0.05, 0) is 30.7 Å². The zero-order valence-corrected chi connectivity index (χ0v) is 11.4. The summed E-state index contributed by atoms with van der Waals surface area (Å²) in [6.45, 7) is 0.855. The second-order valence-corrected chi connectivity index (χ2v) is 5.41. The molecule has 1 aliphatic heterocycles. The molecular formula is C18H17NO. The number of hydrogen-bond acceptors (Lipinski definition) is 2. The third kappa shape index (κ3) is 1.88. The molecule has 4 rings (SSSR count). The van der Waals surface area contributed by atoms with Gasteiger partial charge in [0.1, 0.15) is 6.10 Å². The van der Waals surface area contributed by atoms with Crippen LogP contribution in [0.4, 0.5) is 0 Å². The van der Waals surface area contributed by atoms with Crippen molar-refractivity contribution in [3.05, 3.63) is 54.2 Å². The summed E-state index contributed by atoms with van der Waals surface area (Å²) >= 11 is 0. The van der Waals surface area contributed by atoms with Crippen molar-refractivity contribution in [3.63, 3.8) is 0 Å². The van der Waals surface area contributed by atoms with Crippen molar-refractivity contribution < 1.29 is 4.74 Å². The van der Waals surface area contributed by atoms with Crippen molar-refractivity contribution in [2.45, 2.75) is 25.4 Å². The topological polar surface area (TPSA) is 22.1 Å². The second kappa shape index (κ2) is 4.88. The molecule has 1 unspecified atom stereocenters. The standard InChI is InChI=1S/C18H17NO/c1-2-9-15-13(7-1)14-8-3-4-10-16(14)19-18(15)17-11-5-6-12-20-17/h1-4,7-10,17H,5-6,11-12H2. The van der Waals surface area contributed by atoms with E-state index in [4.69, 9.17) is 9.72 Å². The van der Waals surface area contributed by atoms with Crippen molar-refractivity contribution in [2.24, 2.45) is 0 Å². The van der Waals surface area contributed by atoms with Crippen LogP contribution < -0.4 is 0 Å². The number of pyridine rings is 1. The number of aromatic nitrogens is 1. The van der Waals surface area contributed by atoms with E-state index in [1.807, 2.05) is 0 Å². The summed E-state index contributed by atoms with van der Waals surface area (Å²) in [6.07, 6.45) is 3.63. The predicted octanol–water partition coefficient (Wildman–Crippen LogP) is 4.63. The zero-order valence-electron chi connectivity index (χ0n) is 11.4. The summed E-state index contributed by atoms with van der Waals surface area (Å²) in [6, 6.07) is 16.9. The van der Waals surface area contributed by atoms with Gasteiger partial charge in [0.25, 0.3) is 0 Å². The first kappa shape index (κ1) is 11.9. The molecule has 1 aromatic heterocycles. The number of para-hydroxylation sites is 1. The maximum atomic E-state index is 5.96. The van der Waals surface area contributed by atoms with E-state index in [1.54, 1.807) is 0 Å². The lowest BCUT2D eigenvalue weighted by molar-refractivity contribution is 0.0135. The van der Waals surface area contributed by atoms with E-state index in [-0.39, 0.29) is 6.10 Å². The number of rotatable bonds is 1. The van der Waals surface area contributed by atoms with Gasteiger partial charge in [0.15, 0.2) is 0 Å². The van der Waals surface area contributed by atoms with Crippen LogP contribution in [0.1, 0.15) is 31.1 Å². The lowest BCUT2D eigenvalue weighted by Crippen LogP contribution is -2.13. The number of nitrogens with zero attached hydrogens (tertiary/aromatic N) is 1. The molecule has 0 spiro atoms. The Kier molecular flexibility index (Phi) is 2.89. The van der Waals surface area contributed by atoms with Crippen molar-refractivity contribution >= 4 is 21.7 Å². The Morgan fingerprint density at radius 2 is 1.60 bits per heavy atom. The summed E-state index contributed by atoms with van der Waals surface area (Å²) in [7, 11) is 0. The van der Waals surface area contributed by atoms with E-state index in [2.05, 4.69) is 48.5 Å². The largest absolute Gasteiger partial charge is 0.372 e. The first-order chi connectivity index (χ1) is 9.93. The van der Waals surface area contributed by atoms with E-state index in [0.717, 1.165) is 24.2 Å². The molecule has 1 aliphatic rings. The molecule has 3 aromatic rings. The first-order valence-corrected chi connectivity index (χ1v) is 7.32. The van der Waals surface area contributed by atoms with Gasteiger partial charge in [-0.25, -0.2) is 4.98 Å². The Hall–Kier alpha value is -1.93. The van der Waals surface area contributed by atoms with Gasteiger partial charge in [-0.2, -0.15) is 0 Å². The summed E-state index contributed by atoms with van der Waals surface area (Å²) < 4.78 is 5.96. The fourth-order valence-corrected chi connectivity index (χ4v) is 3.13. The highest BCUT2D eigenvalue weighted by molar-refractivity contribution is 6.06. The minimum absolute atomic E-state index is 0.151. The minimum atomic E-state index is 0.151. The molecule has 0 amide bonds. The molecule has 100 valence electrons.